The summed E-state index contributed by atoms with van der Waals surface area (Å²) in [6.07, 6.45) is 0.766. The predicted molar refractivity (Wildman–Crippen MR) is 60.1 cm³/mol. The zero-order chi connectivity index (χ0) is 11.5. The Bertz CT molecular complexity index is 410. The highest BCUT2D eigenvalue weighted by Crippen LogP contribution is 2.13. The standard InChI is InChI=1S/C10H16N2O2S/c1-12(2)15(13,14)10-5-3-9(4-6-10)7-8-11/h3-6H,7-8,11H2,1-2H3. The summed E-state index contributed by atoms with van der Waals surface area (Å²) < 4.78 is 24.6. The van der Waals surface area contributed by atoms with Gasteiger partial charge in [0.1, 0.15) is 0 Å². The lowest BCUT2D eigenvalue weighted by atomic mass is 10.2. The smallest absolute Gasteiger partial charge is 0.242 e. The van der Waals surface area contributed by atoms with Gasteiger partial charge in [-0.15, -0.1) is 0 Å². The molecule has 1 rings (SSSR count). The maximum Gasteiger partial charge on any atom is 0.242 e. The molecule has 0 heterocycles. The number of benzene rings is 1. The van der Waals surface area contributed by atoms with Crippen LogP contribution in [0.3, 0.4) is 0 Å². The van der Waals surface area contributed by atoms with Crippen LogP contribution in [0, 0.1) is 0 Å². The first kappa shape index (κ1) is 12.2. The molecule has 0 fully saturated rings. The molecule has 5 heteroatoms. The zero-order valence-electron chi connectivity index (χ0n) is 8.97. The second-order valence-electron chi connectivity index (χ2n) is 3.47. The molecule has 1 aromatic rings. The van der Waals surface area contributed by atoms with Crippen LogP contribution in [-0.2, 0) is 16.4 Å². The van der Waals surface area contributed by atoms with Crippen molar-refractivity contribution in [3.8, 4) is 0 Å². The molecule has 0 amide bonds. The van der Waals surface area contributed by atoms with E-state index in [1.54, 1.807) is 24.3 Å². The van der Waals surface area contributed by atoms with Crippen LogP contribution in [0.1, 0.15) is 5.56 Å². The minimum atomic E-state index is -3.31. The Morgan fingerprint density at radius 2 is 1.73 bits per heavy atom. The van der Waals surface area contributed by atoms with Crippen LogP contribution in [0.25, 0.3) is 0 Å². The van der Waals surface area contributed by atoms with Gasteiger partial charge in [-0.3, -0.25) is 0 Å². The Hall–Kier alpha value is -0.910. The Kier molecular flexibility index (Phi) is 3.84. The van der Waals surface area contributed by atoms with E-state index in [1.165, 1.54) is 18.4 Å². The van der Waals surface area contributed by atoms with Gasteiger partial charge in [0, 0.05) is 14.1 Å². The van der Waals surface area contributed by atoms with Crippen molar-refractivity contribution in [1.29, 1.82) is 0 Å². The number of hydrogen-bond acceptors (Lipinski definition) is 3. The molecule has 2 N–H and O–H groups in total. The summed E-state index contributed by atoms with van der Waals surface area (Å²) in [5.74, 6) is 0. The third-order valence-corrected chi connectivity index (χ3v) is 3.96. The minimum absolute atomic E-state index is 0.313. The van der Waals surface area contributed by atoms with E-state index in [-0.39, 0.29) is 0 Å². The van der Waals surface area contributed by atoms with Gasteiger partial charge in [-0.05, 0) is 30.7 Å². The van der Waals surface area contributed by atoms with Gasteiger partial charge in [0.25, 0.3) is 0 Å². The van der Waals surface area contributed by atoms with Crippen LogP contribution in [0.5, 0.6) is 0 Å². The summed E-state index contributed by atoms with van der Waals surface area (Å²) in [6, 6.07) is 6.81. The Morgan fingerprint density at radius 1 is 1.20 bits per heavy atom. The molecule has 0 aliphatic rings. The molecule has 0 aliphatic heterocycles. The predicted octanol–water partition coefficient (Wildman–Crippen LogP) is 0.438. The Balaban J connectivity index is 2.99. The molecule has 84 valence electrons. The second-order valence-corrected chi connectivity index (χ2v) is 5.62. The summed E-state index contributed by atoms with van der Waals surface area (Å²) in [7, 11) is -0.273. The van der Waals surface area contributed by atoms with Crippen molar-refractivity contribution in [2.24, 2.45) is 5.73 Å². The molecular formula is C10H16N2O2S. The van der Waals surface area contributed by atoms with Gasteiger partial charge < -0.3 is 5.73 Å². The lowest BCUT2D eigenvalue weighted by molar-refractivity contribution is 0.520. The summed E-state index contributed by atoms with van der Waals surface area (Å²) in [5.41, 5.74) is 6.46. The molecule has 0 radical (unpaired) electrons. The molecule has 0 unspecified atom stereocenters. The number of nitrogens with zero attached hydrogens (tertiary/aromatic N) is 1. The molecule has 4 nitrogen and oxygen atoms in total. The van der Waals surface area contributed by atoms with E-state index in [2.05, 4.69) is 0 Å². The van der Waals surface area contributed by atoms with E-state index in [1.807, 2.05) is 0 Å². The van der Waals surface area contributed by atoms with E-state index in [9.17, 15) is 8.42 Å². The largest absolute Gasteiger partial charge is 0.330 e. The maximum atomic E-state index is 11.7. The fraction of sp³-hybridized carbons (Fsp3) is 0.400. The van der Waals surface area contributed by atoms with Gasteiger partial charge in [-0.1, -0.05) is 12.1 Å². The molecular weight excluding hydrogens is 212 g/mol. The van der Waals surface area contributed by atoms with Crippen molar-refractivity contribution in [3.05, 3.63) is 29.8 Å². The maximum absolute atomic E-state index is 11.7. The van der Waals surface area contributed by atoms with Crippen LogP contribution in [-0.4, -0.2) is 33.4 Å². The zero-order valence-corrected chi connectivity index (χ0v) is 9.79. The van der Waals surface area contributed by atoms with Gasteiger partial charge in [0.05, 0.1) is 4.90 Å². The SMILES string of the molecule is CN(C)S(=O)(=O)c1ccc(CCN)cc1. The van der Waals surface area contributed by atoms with Crippen LogP contribution in [0.15, 0.2) is 29.2 Å². The van der Waals surface area contributed by atoms with Crippen molar-refractivity contribution < 1.29 is 8.42 Å². The third-order valence-electron chi connectivity index (χ3n) is 2.13. The van der Waals surface area contributed by atoms with Crippen molar-refractivity contribution in [2.75, 3.05) is 20.6 Å². The molecule has 0 aromatic heterocycles. The quantitative estimate of drug-likeness (QED) is 0.813. The van der Waals surface area contributed by atoms with Crippen LogP contribution in [0.4, 0.5) is 0 Å². The Labute approximate surface area is 90.8 Å². The van der Waals surface area contributed by atoms with Crippen molar-refractivity contribution >= 4 is 10.0 Å². The van der Waals surface area contributed by atoms with Gasteiger partial charge >= 0.3 is 0 Å². The fourth-order valence-corrected chi connectivity index (χ4v) is 2.11. The number of hydrogen-bond donors (Lipinski definition) is 1. The fourth-order valence-electron chi connectivity index (χ4n) is 1.21. The summed E-state index contributed by atoms with van der Waals surface area (Å²) in [6.45, 7) is 0.569. The highest BCUT2D eigenvalue weighted by Gasteiger charge is 2.16. The van der Waals surface area contributed by atoms with E-state index < -0.39 is 10.0 Å². The highest BCUT2D eigenvalue weighted by atomic mass is 32.2. The number of nitrogens with two attached hydrogens (primary N) is 1. The summed E-state index contributed by atoms with van der Waals surface area (Å²) in [4.78, 5) is 0.313. The molecule has 0 saturated carbocycles. The lowest BCUT2D eigenvalue weighted by Gasteiger charge is -2.11. The van der Waals surface area contributed by atoms with Crippen LogP contribution in [0.2, 0.25) is 0 Å². The average molecular weight is 228 g/mol. The third kappa shape index (κ3) is 2.77. The van der Waals surface area contributed by atoms with Crippen LogP contribution >= 0.6 is 0 Å². The van der Waals surface area contributed by atoms with E-state index >= 15 is 0 Å². The van der Waals surface area contributed by atoms with Gasteiger partial charge in [-0.2, -0.15) is 0 Å². The van der Waals surface area contributed by atoms with Gasteiger partial charge in [0.2, 0.25) is 10.0 Å². The van der Waals surface area contributed by atoms with E-state index in [4.69, 9.17) is 5.73 Å². The van der Waals surface area contributed by atoms with Gasteiger partial charge in [0.15, 0.2) is 0 Å². The second kappa shape index (κ2) is 4.74. The molecule has 1 aromatic carbocycles. The number of sulfonamides is 1. The van der Waals surface area contributed by atoms with E-state index in [0.29, 0.717) is 11.4 Å². The normalized spacial score (nSPS) is 12.0. The lowest BCUT2D eigenvalue weighted by Crippen LogP contribution is -2.22. The monoisotopic (exact) mass is 228 g/mol. The molecule has 0 bridgehead atoms. The first-order valence-corrected chi connectivity index (χ1v) is 6.14. The minimum Gasteiger partial charge on any atom is -0.330 e. The summed E-state index contributed by atoms with van der Waals surface area (Å²) in [5, 5.41) is 0. The molecule has 0 aliphatic carbocycles. The highest BCUT2D eigenvalue weighted by molar-refractivity contribution is 7.89. The van der Waals surface area contributed by atoms with Crippen molar-refractivity contribution in [1.82, 2.24) is 4.31 Å². The Morgan fingerprint density at radius 3 is 2.13 bits per heavy atom. The summed E-state index contributed by atoms with van der Waals surface area (Å²) >= 11 is 0. The van der Waals surface area contributed by atoms with Crippen molar-refractivity contribution in [3.63, 3.8) is 0 Å². The molecule has 0 atom stereocenters. The van der Waals surface area contributed by atoms with Crippen molar-refractivity contribution in [2.45, 2.75) is 11.3 Å². The van der Waals surface area contributed by atoms with Gasteiger partial charge in [-0.25, -0.2) is 12.7 Å². The first-order valence-electron chi connectivity index (χ1n) is 4.70. The molecule has 15 heavy (non-hydrogen) atoms. The number of rotatable bonds is 4. The van der Waals surface area contributed by atoms with Crippen LogP contribution < -0.4 is 5.73 Å². The van der Waals surface area contributed by atoms with E-state index in [0.717, 1.165) is 12.0 Å². The molecule has 0 spiro atoms. The average Bonchev–Trinajstić information content (AvgIpc) is 2.19. The first-order chi connectivity index (χ1) is 6.98. The molecule has 0 saturated heterocycles. The topological polar surface area (TPSA) is 63.4 Å².